The highest BCUT2D eigenvalue weighted by molar-refractivity contribution is 5.76. The number of hydrogen-bond acceptors (Lipinski definition) is 3. The maximum absolute atomic E-state index is 12.1. The van der Waals surface area contributed by atoms with Gasteiger partial charge >= 0.3 is 5.97 Å². The van der Waals surface area contributed by atoms with Gasteiger partial charge in [-0.3, -0.25) is 0 Å². The Kier molecular flexibility index (Phi) is 4.48. The largest absolute Gasteiger partial charge is 0.460 e. The third-order valence-electron chi connectivity index (χ3n) is 3.97. The van der Waals surface area contributed by atoms with Crippen LogP contribution in [0, 0.1) is 11.3 Å². The van der Waals surface area contributed by atoms with Crippen molar-refractivity contribution in [1.29, 1.82) is 0 Å². The summed E-state index contributed by atoms with van der Waals surface area (Å²) >= 11 is 0. The van der Waals surface area contributed by atoms with E-state index in [2.05, 4.69) is 20.8 Å². The van der Waals surface area contributed by atoms with Crippen molar-refractivity contribution in [3.8, 4) is 0 Å². The highest BCUT2D eigenvalue weighted by Gasteiger charge is 2.35. The van der Waals surface area contributed by atoms with Crippen molar-refractivity contribution in [1.82, 2.24) is 0 Å². The van der Waals surface area contributed by atoms with Crippen molar-refractivity contribution >= 4 is 5.97 Å². The number of aliphatic hydroxyl groups is 1. The maximum atomic E-state index is 12.1. The van der Waals surface area contributed by atoms with Crippen LogP contribution in [0.5, 0.6) is 0 Å². The van der Waals surface area contributed by atoms with E-state index >= 15 is 0 Å². The molecule has 0 spiro atoms. The number of ether oxygens (including phenoxy) is 1. The lowest BCUT2D eigenvalue weighted by molar-refractivity contribution is -0.163. The van der Waals surface area contributed by atoms with E-state index in [9.17, 15) is 9.90 Å². The molecule has 110 valence electrons. The SMILES string of the molecule is C[C@@H]1C[C@H](OC(=O)C(O)c2ccccc2)CC(C)(C)C1. The molecule has 0 radical (unpaired) electrons. The summed E-state index contributed by atoms with van der Waals surface area (Å²) in [4.78, 5) is 12.1. The van der Waals surface area contributed by atoms with Crippen molar-refractivity contribution in [3.63, 3.8) is 0 Å². The molecular weight excluding hydrogens is 252 g/mol. The summed E-state index contributed by atoms with van der Waals surface area (Å²) in [5.41, 5.74) is 0.779. The Labute approximate surface area is 121 Å². The van der Waals surface area contributed by atoms with Crippen molar-refractivity contribution in [2.75, 3.05) is 0 Å². The number of carbonyl (C=O) groups excluding carboxylic acids is 1. The van der Waals surface area contributed by atoms with Crippen LogP contribution in [0.15, 0.2) is 30.3 Å². The Balaban J connectivity index is 1.97. The van der Waals surface area contributed by atoms with Gasteiger partial charge < -0.3 is 9.84 Å². The van der Waals surface area contributed by atoms with Crippen LogP contribution < -0.4 is 0 Å². The molecule has 1 fully saturated rings. The summed E-state index contributed by atoms with van der Waals surface area (Å²) < 4.78 is 5.52. The zero-order valence-corrected chi connectivity index (χ0v) is 12.5. The summed E-state index contributed by atoms with van der Waals surface area (Å²) in [5.74, 6) is 0.0107. The van der Waals surface area contributed by atoms with Gasteiger partial charge in [-0.15, -0.1) is 0 Å². The van der Waals surface area contributed by atoms with Crippen LogP contribution in [-0.4, -0.2) is 17.2 Å². The van der Waals surface area contributed by atoms with E-state index in [0.717, 1.165) is 19.3 Å². The van der Waals surface area contributed by atoms with Gasteiger partial charge in [0.2, 0.25) is 0 Å². The average molecular weight is 276 g/mol. The molecule has 0 aliphatic heterocycles. The molecule has 1 N–H and O–H groups in total. The molecule has 0 bridgehead atoms. The van der Waals surface area contributed by atoms with Crippen LogP contribution in [0.25, 0.3) is 0 Å². The van der Waals surface area contributed by atoms with E-state index in [1.165, 1.54) is 0 Å². The van der Waals surface area contributed by atoms with Crippen molar-refractivity contribution < 1.29 is 14.6 Å². The monoisotopic (exact) mass is 276 g/mol. The molecule has 0 saturated heterocycles. The van der Waals surface area contributed by atoms with Crippen LogP contribution in [0.4, 0.5) is 0 Å². The lowest BCUT2D eigenvalue weighted by atomic mass is 9.71. The van der Waals surface area contributed by atoms with Crippen LogP contribution in [0.3, 0.4) is 0 Å². The first-order valence-electron chi connectivity index (χ1n) is 7.31. The van der Waals surface area contributed by atoms with E-state index in [1.807, 2.05) is 6.07 Å². The molecule has 1 unspecified atom stereocenters. The number of benzene rings is 1. The molecule has 1 aliphatic carbocycles. The minimum Gasteiger partial charge on any atom is -0.460 e. The van der Waals surface area contributed by atoms with Crippen molar-refractivity contribution in [2.24, 2.45) is 11.3 Å². The van der Waals surface area contributed by atoms with Gasteiger partial charge in [-0.25, -0.2) is 4.79 Å². The highest BCUT2D eigenvalue weighted by Crippen LogP contribution is 2.40. The predicted octanol–water partition coefficient (Wildman–Crippen LogP) is 3.48. The molecule has 3 atom stereocenters. The Hall–Kier alpha value is -1.35. The molecule has 2 rings (SSSR count). The predicted molar refractivity (Wildman–Crippen MR) is 78.1 cm³/mol. The topological polar surface area (TPSA) is 46.5 Å². The van der Waals surface area contributed by atoms with Gasteiger partial charge in [-0.05, 0) is 36.2 Å². The van der Waals surface area contributed by atoms with E-state index in [-0.39, 0.29) is 11.5 Å². The second kappa shape index (κ2) is 5.96. The van der Waals surface area contributed by atoms with Crippen molar-refractivity contribution in [2.45, 2.75) is 52.2 Å². The number of esters is 1. The molecule has 1 aromatic carbocycles. The first-order valence-corrected chi connectivity index (χ1v) is 7.31. The number of hydrogen-bond donors (Lipinski definition) is 1. The van der Waals surface area contributed by atoms with Crippen LogP contribution in [0.2, 0.25) is 0 Å². The quantitative estimate of drug-likeness (QED) is 0.860. The zero-order chi connectivity index (χ0) is 14.8. The smallest absolute Gasteiger partial charge is 0.339 e. The number of rotatable bonds is 3. The second-order valence-electron chi connectivity index (χ2n) is 6.79. The highest BCUT2D eigenvalue weighted by atomic mass is 16.6. The maximum Gasteiger partial charge on any atom is 0.339 e. The van der Waals surface area contributed by atoms with E-state index in [4.69, 9.17) is 4.74 Å². The molecule has 0 heterocycles. The molecule has 1 aliphatic rings. The molecule has 0 amide bonds. The fourth-order valence-corrected chi connectivity index (χ4v) is 3.35. The summed E-state index contributed by atoms with van der Waals surface area (Å²) in [5, 5.41) is 10.0. The lowest BCUT2D eigenvalue weighted by Crippen LogP contribution is -2.35. The van der Waals surface area contributed by atoms with E-state index in [1.54, 1.807) is 24.3 Å². The third kappa shape index (κ3) is 3.83. The van der Waals surface area contributed by atoms with Crippen molar-refractivity contribution in [3.05, 3.63) is 35.9 Å². The molecule has 1 aromatic rings. The Morgan fingerprint density at radius 3 is 2.55 bits per heavy atom. The summed E-state index contributed by atoms with van der Waals surface area (Å²) in [6, 6.07) is 8.93. The molecule has 3 heteroatoms. The molecular formula is C17H24O3. The average Bonchev–Trinajstić information content (AvgIpc) is 2.36. The fraction of sp³-hybridized carbons (Fsp3) is 0.588. The van der Waals surface area contributed by atoms with Gasteiger partial charge in [0.15, 0.2) is 6.10 Å². The van der Waals surface area contributed by atoms with Gasteiger partial charge in [-0.1, -0.05) is 51.1 Å². The Morgan fingerprint density at radius 2 is 1.95 bits per heavy atom. The fourth-order valence-electron chi connectivity index (χ4n) is 3.35. The van der Waals surface area contributed by atoms with Crippen LogP contribution >= 0.6 is 0 Å². The standard InChI is InChI=1S/C17H24O3/c1-12-9-14(11-17(2,3)10-12)20-16(19)15(18)13-7-5-4-6-8-13/h4-8,12,14-15,18H,9-11H2,1-3H3/t12-,14+,15?/m1/s1. The minimum atomic E-state index is -1.18. The normalized spacial score (nSPS) is 26.8. The molecule has 20 heavy (non-hydrogen) atoms. The molecule has 1 saturated carbocycles. The summed E-state index contributed by atoms with van der Waals surface area (Å²) in [6.45, 7) is 6.60. The molecule has 3 nitrogen and oxygen atoms in total. The van der Waals surface area contributed by atoms with E-state index in [0.29, 0.717) is 11.5 Å². The minimum absolute atomic E-state index is 0.0837. The first kappa shape index (κ1) is 15.0. The van der Waals surface area contributed by atoms with Gasteiger partial charge in [0.25, 0.3) is 0 Å². The second-order valence-corrected chi connectivity index (χ2v) is 6.79. The zero-order valence-electron chi connectivity index (χ0n) is 12.5. The van der Waals surface area contributed by atoms with E-state index < -0.39 is 12.1 Å². The van der Waals surface area contributed by atoms with Gasteiger partial charge in [-0.2, -0.15) is 0 Å². The van der Waals surface area contributed by atoms with Gasteiger partial charge in [0.05, 0.1) is 0 Å². The van der Waals surface area contributed by atoms with Crippen LogP contribution in [0.1, 0.15) is 51.7 Å². The number of aliphatic hydroxyl groups excluding tert-OH is 1. The van der Waals surface area contributed by atoms with Crippen LogP contribution in [-0.2, 0) is 9.53 Å². The lowest BCUT2D eigenvalue weighted by Gasteiger charge is -2.38. The first-order chi connectivity index (χ1) is 9.37. The third-order valence-corrected chi connectivity index (χ3v) is 3.97. The molecule has 0 aromatic heterocycles. The summed E-state index contributed by atoms with van der Waals surface area (Å²) in [6.07, 6.45) is 1.64. The van der Waals surface area contributed by atoms with Gasteiger partial charge in [0.1, 0.15) is 6.10 Å². The Morgan fingerprint density at radius 1 is 1.30 bits per heavy atom. The van der Waals surface area contributed by atoms with Gasteiger partial charge in [0, 0.05) is 0 Å². The Bertz CT molecular complexity index is 453. The summed E-state index contributed by atoms with van der Waals surface area (Å²) in [7, 11) is 0. The number of carbonyl (C=O) groups is 1.